The maximum absolute atomic E-state index is 11.7. The van der Waals surface area contributed by atoms with E-state index in [2.05, 4.69) is 15.7 Å². The van der Waals surface area contributed by atoms with Gasteiger partial charge >= 0.3 is 6.03 Å². The van der Waals surface area contributed by atoms with Crippen molar-refractivity contribution in [3.05, 3.63) is 41.7 Å². The molecule has 0 unspecified atom stereocenters. The zero-order valence-electron chi connectivity index (χ0n) is 11.7. The molecule has 2 aromatic rings. The molecule has 0 aliphatic carbocycles. The molecule has 0 bridgehead atoms. The van der Waals surface area contributed by atoms with Crippen LogP contribution >= 0.6 is 11.6 Å². The lowest BCUT2D eigenvalue weighted by Gasteiger charge is -2.10. The van der Waals surface area contributed by atoms with Gasteiger partial charge in [0.25, 0.3) is 0 Å². The highest BCUT2D eigenvalue weighted by atomic mass is 35.5. The number of hydrogen-bond donors (Lipinski definition) is 2. The average molecular weight is 309 g/mol. The monoisotopic (exact) mass is 308 g/mol. The minimum atomic E-state index is -0.289. The standard InChI is InChI=1S/C14H17ClN4O2/c1-21-11-4-5-13(12(15)10-11)18-14(20)16-6-2-8-19-9-3-7-17-19/h3-5,7,9-10H,2,6,8H2,1H3,(H2,16,18,20). The average Bonchev–Trinajstić information content (AvgIpc) is 2.99. The smallest absolute Gasteiger partial charge is 0.319 e. The molecule has 0 saturated heterocycles. The number of halogens is 1. The highest BCUT2D eigenvalue weighted by molar-refractivity contribution is 6.33. The summed E-state index contributed by atoms with van der Waals surface area (Å²) in [4.78, 5) is 11.7. The topological polar surface area (TPSA) is 68.2 Å². The maximum atomic E-state index is 11.7. The molecule has 1 aromatic carbocycles. The molecule has 0 spiro atoms. The van der Waals surface area contributed by atoms with Gasteiger partial charge in [-0.05, 0) is 24.6 Å². The third-order valence-corrected chi connectivity index (χ3v) is 3.15. The molecule has 0 aliphatic rings. The first-order valence-electron chi connectivity index (χ1n) is 6.55. The number of rotatable bonds is 6. The fourth-order valence-corrected chi connectivity index (χ4v) is 1.98. The molecule has 2 rings (SSSR count). The van der Waals surface area contributed by atoms with E-state index < -0.39 is 0 Å². The van der Waals surface area contributed by atoms with Gasteiger partial charge in [-0.25, -0.2) is 4.79 Å². The summed E-state index contributed by atoms with van der Waals surface area (Å²) in [7, 11) is 1.56. The lowest BCUT2D eigenvalue weighted by Crippen LogP contribution is -2.30. The zero-order chi connectivity index (χ0) is 15.1. The molecular formula is C14H17ClN4O2. The maximum Gasteiger partial charge on any atom is 0.319 e. The fourth-order valence-electron chi connectivity index (χ4n) is 1.77. The first kappa shape index (κ1) is 15.2. The SMILES string of the molecule is COc1ccc(NC(=O)NCCCn2cccn2)c(Cl)c1. The number of nitrogens with one attached hydrogen (secondary N) is 2. The molecule has 6 nitrogen and oxygen atoms in total. The Bertz CT molecular complexity index is 587. The van der Waals surface area contributed by atoms with Crippen LogP contribution in [-0.2, 0) is 6.54 Å². The molecule has 1 heterocycles. The van der Waals surface area contributed by atoms with Gasteiger partial charge in [0.2, 0.25) is 0 Å². The van der Waals surface area contributed by atoms with Crippen molar-refractivity contribution in [3.8, 4) is 5.75 Å². The number of carbonyl (C=O) groups excluding carboxylic acids is 1. The van der Waals surface area contributed by atoms with Crippen LogP contribution in [0.1, 0.15) is 6.42 Å². The van der Waals surface area contributed by atoms with Gasteiger partial charge in [-0.1, -0.05) is 11.6 Å². The van der Waals surface area contributed by atoms with Crippen LogP contribution in [0.25, 0.3) is 0 Å². The van der Waals surface area contributed by atoms with E-state index in [1.807, 2.05) is 16.9 Å². The van der Waals surface area contributed by atoms with E-state index in [4.69, 9.17) is 16.3 Å². The van der Waals surface area contributed by atoms with E-state index >= 15 is 0 Å². The van der Waals surface area contributed by atoms with E-state index in [0.29, 0.717) is 23.0 Å². The third-order valence-electron chi connectivity index (χ3n) is 2.83. The number of amides is 2. The lowest BCUT2D eigenvalue weighted by atomic mass is 10.3. The normalized spacial score (nSPS) is 10.2. The van der Waals surface area contributed by atoms with Crippen LogP contribution < -0.4 is 15.4 Å². The Morgan fingerprint density at radius 3 is 3.00 bits per heavy atom. The van der Waals surface area contributed by atoms with E-state index in [1.54, 1.807) is 31.5 Å². The van der Waals surface area contributed by atoms with Gasteiger partial charge in [0.15, 0.2) is 0 Å². The Hall–Kier alpha value is -2.21. The van der Waals surface area contributed by atoms with Gasteiger partial charge in [-0.2, -0.15) is 5.10 Å². The highest BCUT2D eigenvalue weighted by Gasteiger charge is 2.06. The van der Waals surface area contributed by atoms with E-state index in [1.165, 1.54) is 0 Å². The fraction of sp³-hybridized carbons (Fsp3) is 0.286. The Labute approximate surface area is 128 Å². The number of aromatic nitrogens is 2. The van der Waals surface area contributed by atoms with Crippen molar-refractivity contribution in [2.24, 2.45) is 0 Å². The van der Waals surface area contributed by atoms with E-state index in [-0.39, 0.29) is 6.03 Å². The number of ether oxygens (including phenoxy) is 1. The lowest BCUT2D eigenvalue weighted by molar-refractivity contribution is 0.251. The Kier molecular flexibility index (Phi) is 5.45. The Morgan fingerprint density at radius 2 is 2.33 bits per heavy atom. The summed E-state index contributed by atoms with van der Waals surface area (Å²) in [5.74, 6) is 0.644. The number of nitrogens with zero attached hydrogens (tertiary/aromatic N) is 2. The highest BCUT2D eigenvalue weighted by Crippen LogP contribution is 2.26. The van der Waals surface area contributed by atoms with Crippen molar-refractivity contribution in [1.29, 1.82) is 0 Å². The predicted molar refractivity (Wildman–Crippen MR) is 81.9 cm³/mol. The molecule has 21 heavy (non-hydrogen) atoms. The van der Waals surface area contributed by atoms with Crippen LogP contribution in [0.3, 0.4) is 0 Å². The van der Waals surface area contributed by atoms with Crippen LogP contribution in [0.4, 0.5) is 10.5 Å². The van der Waals surface area contributed by atoms with Gasteiger partial charge in [-0.3, -0.25) is 4.68 Å². The van der Waals surface area contributed by atoms with Crippen LogP contribution in [0, 0.1) is 0 Å². The molecular weight excluding hydrogens is 292 g/mol. The Morgan fingerprint density at radius 1 is 1.48 bits per heavy atom. The minimum absolute atomic E-state index is 0.289. The van der Waals surface area contributed by atoms with Crippen LogP contribution in [0.5, 0.6) is 5.75 Å². The van der Waals surface area contributed by atoms with Gasteiger partial charge in [0.05, 0.1) is 17.8 Å². The molecule has 0 aliphatic heterocycles. The number of hydrogen-bond acceptors (Lipinski definition) is 3. The van der Waals surface area contributed by atoms with Crippen molar-refractivity contribution in [2.45, 2.75) is 13.0 Å². The second kappa shape index (κ2) is 7.54. The minimum Gasteiger partial charge on any atom is -0.497 e. The molecule has 2 N–H and O–H groups in total. The van der Waals surface area contributed by atoms with Crippen LogP contribution in [0.2, 0.25) is 5.02 Å². The molecule has 2 amide bonds. The number of methoxy groups -OCH3 is 1. The van der Waals surface area contributed by atoms with E-state index in [0.717, 1.165) is 13.0 Å². The van der Waals surface area contributed by atoms with Crippen molar-refractivity contribution in [3.63, 3.8) is 0 Å². The quantitative estimate of drug-likeness (QED) is 0.806. The molecule has 0 saturated carbocycles. The molecule has 112 valence electrons. The summed E-state index contributed by atoms with van der Waals surface area (Å²) in [6.45, 7) is 1.32. The largest absolute Gasteiger partial charge is 0.497 e. The number of aryl methyl sites for hydroxylation is 1. The van der Waals surface area contributed by atoms with Gasteiger partial charge in [-0.15, -0.1) is 0 Å². The molecule has 0 atom stereocenters. The summed E-state index contributed by atoms with van der Waals surface area (Å²) in [5, 5.41) is 9.98. The second-order valence-corrected chi connectivity index (χ2v) is 4.76. The Balaban J connectivity index is 1.74. The second-order valence-electron chi connectivity index (χ2n) is 4.35. The zero-order valence-corrected chi connectivity index (χ0v) is 12.4. The van der Waals surface area contributed by atoms with Crippen molar-refractivity contribution in [2.75, 3.05) is 19.0 Å². The summed E-state index contributed by atoms with van der Waals surface area (Å²) < 4.78 is 6.87. The first-order valence-corrected chi connectivity index (χ1v) is 6.92. The summed E-state index contributed by atoms with van der Waals surface area (Å²) in [6, 6.07) is 6.66. The molecule has 0 radical (unpaired) electrons. The van der Waals surface area contributed by atoms with Crippen LogP contribution in [-0.4, -0.2) is 29.5 Å². The number of anilines is 1. The summed E-state index contributed by atoms with van der Waals surface area (Å²) in [5.41, 5.74) is 0.544. The number of benzene rings is 1. The number of carbonyl (C=O) groups is 1. The molecule has 1 aromatic heterocycles. The summed E-state index contributed by atoms with van der Waals surface area (Å²) >= 11 is 6.05. The van der Waals surface area contributed by atoms with Crippen molar-refractivity contribution >= 4 is 23.3 Å². The first-order chi connectivity index (χ1) is 10.2. The van der Waals surface area contributed by atoms with Gasteiger partial charge < -0.3 is 15.4 Å². The molecule has 7 heteroatoms. The van der Waals surface area contributed by atoms with Crippen LogP contribution in [0.15, 0.2) is 36.7 Å². The van der Waals surface area contributed by atoms with Crippen molar-refractivity contribution < 1.29 is 9.53 Å². The van der Waals surface area contributed by atoms with Gasteiger partial charge in [0, 0.05) is 31.5 Å². The van der Waals surface area contributed by atoms with E-state index in [9.17, 15) is 4.79 Å². The van der Waals surface area contributed by atoms with Crippen molar-refractivity contribution in [1.82, 2.24) is 15.1 Å². The summed E-state index contributed by atoms with van der Waals surface area (Å²) in [6.07, 6.45) is 4.41. The van der Waals surface area contributed by atoms with Gasteiger partial charge in [0.1, 0.15) is 5.75 Å². The molecule has 0 fully saturated rings. The predicted octanol–water partition coefficient (Wildman–Crippen LogP) is 2.76. The number of urea groups is 1. The third kappa shape index (κ3) is 4.68.